The quantitative estimate of drug-likeness (QED) is 0.753. The Morgan fingerprint density at radius 1 is 1.06 bits per heavy atom. The second-order valence-corrected chi connectivity index (χ2v) is 5.89. The van der Waals surface area contributed by atoms with Gasteiger partial charge in [0.2, 0.25) is 0 Å². The van der Waals surface area contributed by atoms with Crippen LogP contribution in [0.2, 0.25) is 5.02 Å². The fraction of sp³-hybridized carbons (Fsp3) is 0.0769. The van der Waals surface area contributed by atoms with Gasteiger partial charge in [0.05, 0.1) is 4.47 Å². The number of aliphatic hydroxyl groups is 1. The first-order chi connectivity index (χ1) is 8.49. The van der Waals surface area contributed by atoms with Gasteiger partial charge in [-0.2, -0.15) is 0 Å². The van der Waals surface area contributed by atoms with Crippen LogP contribution in [0.25, 0.3) is 0 Å². The monoisotopic (exact) mass is 392 g/mol. The minimum Gasteiger partial charge on any atom is -0.384 e. The van der Waals surface area contributed by atoms with Crippen LogP contribution in [0.3, 0.4) is 0 Å². The van der Waals surface area contributed by atoms with Crippen LogP contribution in [0.15, 0.2) is 45.3 Å². The van der Waals surface area contributed by atoms with Crippen molar-refractivity contribution in [3.63, 3.8) is 0 Å². The van der Waals surface area contributed by atoms with Crippen LogP contribution in [0.1, 0.15) is 17.2 Å². The summed E-state index contributed by atoms with van der Waals surface area (Å²) < 4.78 is 14.2. The number of hydrogen-bond acceptors (Lipinski definition) is 1. The highest BCUT2D eigenvalue weighted by Crippen LogP contribution is 2.32. The SMILES string of the molecule is OC(c1ccc(F)c(Br)c1)c1ccc(Cl)cc1Br. The molecule has 0 aliphatic heterocycles. The van der Waals surface area contributed by atoms with Crippen molar-refractivity contribution in [3.05, 3.63) is 67.3 Å². The summed E-state index contributed by atoms with van der Waals surface area (Å²) in [5.74, 6) is -0.360. The number of halogens is 4. The predicted octanol–water partition coefficient (Wildman–Crippen LogP) is 5.09. The van der Waals surface area contributed by atoms with Crippen molar-refractivity contribution in [1.82, 2.24) is 0 Å². The standard InChI is InChI=1S/C13H8Br2ClFO/c14-10-6-8(16)2-3-9(10)13(18)7-1-4-12(17)11(15)5-7/h1-6,13,18H. The minimum absolute atomic E-state index is 0.323. The lowest BCUT2D eigenvalue weighted by Crippen LogP contribution is -2.01. The van der Waals surface area contributed by atoms with Crippen LogP contribution < -0.4 is 0 Å². The van der Waals surface area contributed by atoms with Crippen LogP contribution in [0.4, 0.5) is 4.39 Å². The number of hydrogen-bond donors (Lipinski definition) is 1. The predicted molar refractivity (Wildman–Crippen MR) is 77.3 cm³/mol. The first-order valence-electron chi connectivity index (χ1n) is 5.07. The van der Waals surface area contributed by atoms with Gasteiger partial charge in [0.15, 0.2) is 0 Å². The molecule has 94 valence electrons. The molecule has 0 saturated heterocycles. The largest absolute Gasteiger partial charge is 0.384 e. The zero-order chi connectivity index (χ0) is 13.3. The first-order valence-corrected chi connectivity index (χ1v) is 7.03. The van der Waals surface area contributed by atoms with Gasteiger partial charge < -0.3 is 5.11 Å². The average Bonchev–Trinajstić information content (AvgIpc) is 2.32. The van der Waals surface area contributed by atoms with Gasteiger partial charge in [0.1, 0.15) is 11.9 Å². The van der Waals surface area contributed by atoms with Crippen LogP contribution in [-0.4, -0.2) is 5.11 Å². The van der Waals surface area contributed by atoms with Crippen molar-refractivity contribution in [3.8, 4) is 0 Å². The van der Waals surface area contributed by atoms with Gasteiger partial charge in [-0.3, -0.25) is 0 Å². The zero-order valence-corrected chi connectivity index (χ0v) is 12.9. The van der Waals surface area contributed by atoms with Crippen molar-refractivity contribution in [2.24, 2.45) is 0 Å². The molecular weight excluding hydrogens is 386 g/mol. The molecule has 0 aliphatic rings. The van der Waals surface area contributed by atoms with E-state index in [2.05, 4.69) is 31.9 Å². The second-order valence-electron chi connectivity index (χ2n) is 3.74. The fourth-order valence-corrected chi connectivity index (χ4v) is 2.88. The molecule has 2 rings (SSSR count). The Kier molecular flexibility index (Phi) is 4.43. The summed E-state index contributed by atoms with van der Waals surface area (Å²) in [6, 6.07) is 9.55. The van der Waals surface area contributed by atoms with Gasteiger partial charge in [0, 0.05) is 9.50 Å². The van der Waals surface area contributed by atoms with Crippen molar-refractivity contribution < 1.29 is 9.50 Å². The minimum atomic E-state index is -0.839. The number of benzene rings is 2. The van der Waals surface area contributed by atoms with Gasteiger partial charge in [-0.1, -0.05) is 39.7 Å². The molecule has 0 amide bonds. The van der Waals surface area contributed by atoms with Crippen LogP contribution >= 0.6 is 43.5 Å². The molecule has 2 aromatic carbocycles. The molecule has 0 radical (unpaired) electrons. The molecule has 0 aromatic heterocycles. The number of rotatable bonds is 2. The van der Waals surface area contributed by atoms with E-state index in [-0.39, 0.29) is 5.82 Å². The molecule has 1 atom stereocenters. The summed E-state index contributed by atoms with van der Waals surface area (Å²) in [4.78, 5) is 0. The van der Waals surface area contributed by atoms with Crippen molar-refractivity contribution in [2.45, 2.75) is 6.10 Å². The second kappa shape index (κ2) is 5.70. The summed E-state index contributed by atoms with van der Waals surface area (Å²) in [6.45, 7) is 0. The molecule has 0 spiro atoms. The van der Waals surface area contributed by atoms with Gasteiger partial charge in [-0.15, -0.1) is 0 Å². The van der Waals surface area contributed by atoms with E-state index in [9.17, 15) is 9.50 Å². The Morgan fingerprint density at radius 2 is 1.78 bits per heavy atom. The van der Waals surface area contributed by atoms with E-state index in [0.29, 0.717) is 25.1 Å². The van der Waals surface area contributed by atoms with E-state index in [0.717, 1.165) is 0 Å². The Hall–Kier alpha value is -0.420. The average molecular weight is 394 g/mol. The fourth-order valence-electron chi connectivity index (χ4n) is 1.59. The molecule has 5 heteroatoms. The molecule has 0 heterocycles. The maximum Gasteiger partial charge on any atom is 0.137 e. The lowest BCUT2D eigenvalue weighted by atomic mass is 10.0. The third-order valence-electron chi connectivity index (χ3n) is 2.52. The van der Waals surface area contributed by atoms with Crippen LogP contribution in [0, 0.1) is 5.82 Å². The Morgan fingerprint density at radius 3 is 2.39 bits per heavy atom. The molecular formula is C13H8Br2ClFO. The molecule has 0 aliphatic carbocycles. The lowest BCUT2D eigenvalue weighted by molar-refractivity contribution is 0.219. The summed E-state index contributed by atoms with van der Waals surface area (Å²) in [6.07, 6.45) is -0.839. The normalized spacial score (nSPS) is 12.5. The van der Waals surface area contributed by atoms with Gasteiger partial charge in [-0.05, 0) is 51.3 Å². The lowest BCUT2D eigenvalue weighted by Gasteiger charge is -2.14. The van der Waals surface area contributed by atoms with E-state index in [1.807, 2.05) is 0 Å². The molecule has 0 fully saturated rings. The van der Waals surface area contributed by atoms with Crippen LogP contribution in [-0.2, 0) is 0 Å². The Balaban J connectivity index is 2.41. The summed E-state index contributed by atoms with van der Waals surface area (Å²) >= 11 is 12.3. The molecule has 0 saturated carbocycles. The molecule has 0 bridgehead atoms. The van der Waals surface area contributed by atoms with Crippen LogP contribution in [0.5, 0.6) is 0 Å². The maximum absolute atomic E-state index is 13.1. The third-order valence-corrected chi connectivity index (χ3v) is 4.05. The third kappa shape index (κ3) is 2.94. The van der Waals surface area contributed by atoms with Gasteiger partial charge in [0.25, 0.3) is 0 Å². The van der Waals surface area contributed by atoms with E-state index in [4.69, 9.17) is 11.6 Å². The highest BCUT2D eigenvalue weighted by atomic mass is 79.9. The van der Waals surface area contributed by atoms with Crippen molar-refractivity contribution in [1.29, 1.82) is 0 Å². The van der Waals surface area contributed by atoms with E-state index in [1.165, 1.54) is 6.07 Å². The Labute approximate surface area is 126 Å². The van der Waals surface area contributed by atoms with E-state index in [1.54, 1.807) is 30.3 Å². The maximum atomic E-state index is 13.1. The summed E-state index contributed by atoms with van der Waals surface area (Å²) in [5.41, 5.74) is 1.28. The molecule has 1 nitrogen and oxygen atoms in total. The number of aliphatic hydroxyl groups excluding tert-OH is 1. The topological polar surface area (TPSA) is 20.2 Å². The van der Waals surface area contributed by atoms with E-state index >= 15 is 0 Å². The molecule has 1 unspecified atom stereocenters. The van der Waals surface area contributed by atoms with Crippen molar-refractivity contribution >= 4 is 43.5 Å². The molecule has 2 aromatic rings. The first kappa shape index (κ1) is 14.0. The summed E-state index contributed by atoms with van der Waals surface area (Å²) in [5, 5.41) is 10.8. The highest BCUT2D eigenvalue weighted by molar-refractivity contribution is 9.10. The Bertz CT molecular complexity index is 589. The summed E-state index contributed by atoms with van der Waals surface area (Å²) in [7, 11) is 0. The highest BCUT2D eigenvalue weighted by Gasteiger charge is 2.15. The molecule has 18 heavy (non-hydrogen) atoms. The van der Waals surface area contributed by atoms with Gasteiger partial charge in [-0.25, -0.2) is 4.39 Å². The zero-order valence-electron chi connectivity index (χ0n) is 9.00. The van der Waals surface area contributed by atoms with Crippen molar-refractivity contribution in [2.75, 3.05) is 0 Å². The molecule has 1 N–H and O–H groups in total. The van der Waals surface area contributed by atoms with E-state index < -0.39 is 6.10 Å². The van der Waals surface area contributed by atoms with Gasteiger partial charge >= 0.3 is 0 Å². The smallest absolute Gasteiger partial charge is 0.137 e.